The molecule has 5 nitrogen and oxygen atoms in total. The fourth-order valence-corrected chi connectivity index (χ4v) is 1.50. The second-order valence-electron chi connectivity index (χ2n) is 3.54. The second-order valence-corrected chi connectivity index (χ2v) is 3.54. The molecule has 2 rings (SSSR count). The predicted octanol–water partition coefficient (Wildman–Crippen LogP) is 1.19. The predicted molar refractivity (Wildman–Crippen MR) is 59.3 cm³/mol. The number of hydrogen-bond acceptors (Lipinski definition) is 3. The lowest BCUT2D eigenvalue weighted by Crippen LogP contribution is -1.98. The van der Waals surface area contributed by atoms with Crippen molar-refractivity contribution in [1.82, 2.24) is 19.3 Å². The Labute approximate surface area is 88.5 Å². The van der Waals surface area contributed by atoms with Crippen LogP contribution in [0.3, 0.4) is 0 Å². The summed E-state index contributed by atoms with van der Waals surface area (Å²) in [7, 11) is 1.91. The quantitative estimate of drug-likeness (QED) is 0.801. The standard InChI is InChI=1S/C10H15N5/c1-4-15-6-8(5-12-15)9-10(11)14(3)7(2)13-9/h5-6H,4,11H2,1-3H3. The zero-order valence-corrected chi connectivity index (χ0v) is 9.23. The minimum absolute atomic E-state index is 0.683. The van der Waals surface area contributed by atoms with Gasteiger partial charge in [0, 0.05) is 25.4 Å². The highest BCUT2D eigenvalue weighted by Crippen LogP contribution is 2.24. The Morgan fingerprint density at radius 3 is 2.67 bits per heavy atom. The van der Waals surface area contributed by atoms with Crippen molar-refractivity contribution < 1.29 is 0 Å². The van der Waals surface area contributed by atoms with Crippen molar-refractivity contribution in [2.24, 2.45) is 7.05 Å². The summed E-state index contributed by atoms with van der Waals surface area (Å²) in [6.07, 6.45) is 3.75. The van der Waals surface area contributed by atoms with Crippen LogP contribution in [0.25, 0.3) is 11.3 Å². The third-order valence-corrected chi connectivity index (χ3v) is 2.59. The molecule has 0 atom stereocenters. The van der Waals surface area contributed by atoms with E-state index in [1.165, 1.54) is 0 Å². The topological polar surface area (TPSA) is 61.7 Å². The molecule has 0 aromatic carbocycles. The fraction of sp³-hybridized carbons (Fsp3) is 0.400. The zero-order valence-electron chi connectivity index (χ0n) is 9.23. The molecule has 2 aromatic heterocycles. The molecular weight excluding hydrogens is 190 g/mol. The lowest BCUT2D eigenvalue weighted by molar-refractivity contribution is 0.660. The molecule has 0 spiro atoms. The van der Waals surface area contributed by atoms with Gasteiger partial charge in [0.05, 0.1) is 6.20 Å². The van der Waals surface area contributed by atoms with Crippen LogP contribution in [0.1, 0.15) is 12.7 Å². The van der Waals surface area contributed by atoms with Crippen molar-refractivity contribution >= 4 is 5.82 Å². The van der Waals surface area contributed by atoms with Gasteiger partial charge in [-0.05, 0) is 13.8 Å². The average molecular weight is 205 g/mol. The van der Waals surface area contributed by atoms with Gasteiger partial charge in [-0.15, -0.1) is 0 Å². The molecule has 0 radical (unpaired) electrons. The molecule has 0 amide bonds. The van der Waals surface area contributed by atoms with Crippen LogP contribution in [-0.4, -0.2) is 19.3 Å². The molecule has 2 aromatic rings. The maximum absolute atomic E-state index is 5.95. The van der Waals surface area contributed by atoms with Crippen LogP contribution in [-0.2, 0) is 13.6 Å². The fourth-order valence-electron chi connectivity index (χ4n) is 1.50. The summed E-state index contributed by atoms with van der Waals surface area (Å²) >= 11 is 0. The molecule has 0 saturated carbocycles. The molecule has 0 unspecified atom stereocenters. The van der Waals surface area contributed by atoms with Gasteiger partial charge in [0.2, 0.25) is 0 Å². The van der Waals surface area contributed by atoms with Gasteiger partial charge in [0.15, 0.2) is 0 Å². The Morgan fingerprint density at radius 2 is 2.20 bits per heavy atom. The molecule has 0 fully saturated rings. The molecule has 0 bridgehead atoms. The van der Waals surface area contributed by atoms with E-state index in [0.29, 0.717) is 5.82 Å². The van der Waals surface area contributed by atoms with E-state index in [2.05, 4.69) is 10.1 Å². The molecule has 15 heavy (non-hydrogen) atoms. The summed E-state index contributed by atoms with van der Waals surface area (Å²) < 4.78 is 3.73. The van der Waals surface area contributed by atoms with Gasteiger partial charge in [-0.25, -0.2) is 4.98 Å². The summed E-state index contributed by atoms with van der Waals surface area (Å²) in [5.74, 6) is 1.59. The van der Waals surface area contributed by atoms with Crippen molar-refractivity contribution in [2.45, 2.75) is 20.4 Å². The van der Waals surface area contributed by atoms with Gasteiger partial charge in [-0.1, -0.05) is 0 Å². The number of nitrogen functional groups attached to an aromatic ring is 1. The Morgan fingerprint density at radius 1 is 1.47 bits per heavy atom. The van der Waals surface area contributed by atoms with Crippen LogP contribution >= 0.6 is 0 Å². The summed E-state index contributed by atoms with van der Waals surface area (Å²) in [5.41, 5.74) is 7.73. The third kappa shape index (κ3) is 1.49. The van der Waals surface area contributed by atoms with Crippen molar-refractivity contribution in [3.63, 3.8) is 0 Å². The van der Waals surface area contributed by atoms with Gasteiger partial charge >= 0.3 is 0 Å². The first kappa shape index (κ1) is 9.76. The highest BCUT2D eigenvalue weighted by atomic mass is 15.3. The first-order valence-corrected chi connectivity index (χ1v) is 4.95. The minimum atomic E-state index is 0.683. The normalized spacial score (nSPS) is 10.9. The summed E-state index contributed by atoms with van der Waals surface area (Å²) in [6, 6.07) is 0. The SMILES string of the molecule is CCn1cc(-c2nc(C)n(C)c2N)cn1. The number of aromatic nitrogens is 4. The smallest absolute Gasteiger partial charge is 0.131 e. The van der Waals surface area contributed by atoms with E-state index in [1.807, 2.05) is 36.3 Å². The van der Waals surface area contributed by atoms with Gasteiger partial charge in [0.1, 0.15) is 17.3 Å². The molecule has 0 aliphatic rings. The highest BCUT2D eigenvalue weighted by Gasteiger charge is 2.12. The number of anilines is 1. The van der Waals surface area contributed by atoms with Crippen LogP contribution < -0.4 is 5.73 Å². The van der Waals surface area contributed by atoms with E-state index in [1.54, 1.807) is 6.20 Å². The Balaban J connectivity index is 2.49. The second kappa shape index (κ2) is 3.42. The largest absolute Gasteiger partial charge is 0.383 e. The number of rotatable bonds is 2. The van der Waals surface area contributed by atoms with Crippen molar-refractivity contribution in [1.29, 1.82) is 0 Å². The molecule has 80 valence electrons. The Hall–Kier alpha value is -1.78. The number of hydrogen-bond donors (Lipinski definition) is 1. The maximum Gasteiger partial charge on any atom is 0.131 e. The molecule has 0 saturated heterocycles. The van der Waals surface area contributed by atoms with E-state index in [0.717, 1.165) is 23.6 Å². The molecule has 5 heteroatoms. The van der Waals surface area contributed by atoms with Gasteiger partial charge < -0.3 is 10.3 Å². The van der Waals surface area contributed by atoms with E-state index < -0.39 is 0 Å². The van der Waals surface area contributed by atoms with E-state index in [-0.39, 0.29) is 0 Å². The van der Waals surface area contributed by atoms with Crippen molar-refractivity contribution in [2.75, 3.05) is 5.73 Å². The zero-order chi connectivity index (χ0) is 11.0. The number of nitrogens with zero attached hydrogens (tertiary/aromatic N) is 4. The average Bonchev–Trinajstić information content (AvgIpc) is 2.79. The van der Waals surface area contributed by atoms with Crippen molar-refractivity contribution in [3.05, 3.63) is 18.2 Å². The first-order valence-electron chi connectivity index (χ1n) is 4.95. The van der Waals surface area contributed by atoms with Crippen LogP contribution in [0.2, 0.25) is 0 Å². The van der Waals surface area contributed by atoms with E-state index in [9.17, 15) is 0 Å². The number of aryl methyl sites for hydroxylation is 2. The lowest BCUT2D eigenvalue weighted by atomic mass is 10.2. The monoisotopic (exact) mass is 205 g/mol. The van der Waals surface area contributed by atoms with Gasteiger partial charge in [0.25, 0.3) is 0 Å². The first-order chi connectivity index (χ1) is 7.13. The summed E-state index contributed by atoms with van der Waals surface area (Å²) in [4.78, 5) is 4.41. The molecule has 2 N–H and O–H groups in total. The van der Waals surface area contributed by atoms with Gasteiger partial charge in [-0.2, -0.15) is 5.10 Å². The Kier molecular flexibility index (Phi) is 2.22. The Bertz CT molecular complexity index is 480. The van der Waals surface area contributed by atoms with Crippen LogP contribution in [0.4, 0.5) is 5.82 Å². The minimum Gasteiger partial charge on any atom is -0.383 e. The molecular formula is C10H15N5. The van der Waals surface area contributed by atoms with Gasteiger partial charge in [-0.3, -0.25) is 4.68 Å². The van der Waals surface area contributed by atoms with E-state index in [4.69, 9.17) is 5.73 Å². The maximum atomic E-state index is 5.95. The highest BCUT2D eigenvalue weighted by molar-refractivity contribution is 5.69. The van der Waals surface area contributed by atoms with Crippen molar-refractivity contribution in [3.8, 4) is 11.3 Å². The molecule has 2 heterocycles. The van der Waals surface area contributed by atoms with Crippen LogP contribution in [0.15, 0.2) is 12.4 Å². The van der Waals surface area contributed by atoms with E-state index >= 15 is 0 Å². The number of nitrogens with two attached hydrogens (primary N) is 1. The summed E-state index contributed by atoms with van der Waals surface area (Å²) in [5, 5.41) is 4.20. The molecule has 0 aliphatic heterocycles. The lowest BCUT2D eigenvalue weighted by Gasteiger charge is -1.97. The molecule has 0 aliphatic carbocycles. The van der Waals surface area contributed by atoms with Crippen LogP contribution in [0, 0.1) is 6.92 Å². The number of imidazole rings is 1. The summed E-state index contributed by atoms with van der Waals surface area (Å²) in [6.45, 7) is 4.83. The van der Waals surface area contributed by atoms with Crippen LogP contribution in [0.5, 0.6) is 0 Å². The third-order valence-electron chi connectivity index (χ3n) is 2.59.